The van der Waals surface area contributed by atoms with Gasteiger partial charge in [0, 0.05) is 17.2 Å². The number of carbonyl (C=O) groups is 1. The van der Waals surface area contributed by atoms with Gasteiger partial charge in [-0.25, -0.2) is 0 Å². The number of benzene rings is 2. The van der Waals surface area contributed by atoms with Crippen LogP contribution in [0.15, 0.2) is 48.5 Å². The van der Waals surface area contributed by atoms with Gasteiger partial charge in [0.15, 0.2) is 0 Å². The van der Waals surface area contributed by atoms with E-state index in [-0.39, 0.29) is 18.2 Å². The Morgan fingerprint density at radius 1 is 1.27 bits per heavy atom. The van der Waals surface area contributed by atoms with Crippen LogP contribution in [-0.2, 0) is 0 Å². The number of rotatable bonds is 5. The van der Waals surface area contributed by atoms with Crippen LogP contribution in [0.2, 0.25) is 0 Å². The highest BCUT2D eigenvalue weighted by molar-refractivity contribution is 5.95. The zero-order valence-corrected chi connectivity index (χ0v) is 12.0. The minimum atomic E-state index is -0.524. The quantitative estimate of drug-likeness (QED) is 0.655. The van der Waals surface area contributed by atoms with Crippen LogP contribution < -0.4 is 5.32 Å². The van der Waals surface area contributed by atoms with E-state index in [1.807, 2.05) is 30.3 Å². The molecule has 2 aromatic carbocycles. The maximum Gasteiger partial charge on any atom is 0.272 e. The van der Waals surface area contributed by atoms with Gasteiger partial charge < -0.3 is 10.4 Å². The van der Waals surface area contributed by atoms with Crippen LogP contribution in [0.1, 0.15) is 27.5 Å². The molecule has 0 aromatic heterocycles. The molecule has 1 atom stereocenters. The van der Waals surface area contributed by atoms with Gasteiger partial charge in [0.1, 0.15) is 0 Å². The van der Waals surface area contributed by atoms with Crippen molar-refractivity contribution in [3.05, 3.63) is 75.3 Å². The summed E-state index contributed by atoms with van der Waals surface area (Å²) in [5, 5.41) is 22.9. The number of aliphatic hydroxyl groups is 1. The van der Waals surface area contributed by atoms with Crippen LogP contribution in [0.25, 0.3) is 0 Å². The van der Waals surface area contributed by atoms with Gasteiger partial charge >= 0.3 is 0 Å². The summed E-state index contributed by atoms with van der Waals surface area (Å²) < 4.78 is 0. The van der Waals surface area contributed by atoms with Crippen molar-refractivity contribution in [3.8, 4) is 0 Å². The second-order valence-electron chi connectivity index (χ2n) is 4.88. The third kappa shape index (κ3) is 3.48. The van der Waals surface area contributed by atoms with Gasteiger partial charge in [0.25, 0.3) is 11.6 Å². The molecule has 22 heavy (non-hydrogen) atoms. The summed E-state index contributed by atoms with van der Waals surface area (Å²) in [6.07, 6.45) is 0. The zero-order chi connectivity index (χ0) is 16.1. The average molecular weight is 300 g/mol. The van der Waals surface area contributed by atoms with Crippen LogP contribution in [0.3, 0.4) is 0 Å². The Morgan fingerprint density at radius 2 is 1.95 bits per heavy atom. The number of nitrogens with one attached hydrogen (secondary N) is 1. The van der Waals surface area contributed by atoms with E-state index in [4.69, 9.17) is 0 Å². The van der Waals surface area contributed by atoms with E-state index >= 15 is 0 Å². The fourth-order valence-electron chi connectivity index (χ4n) is 2.16. The molecule has 0 aliphatic heterocycles. The van der Waals surface area contributed by atoms with Crippen LogP contribution >= 0.6 is 0 Å². The number of nitrogens with zero attached hydrogens (tertiary/aromatic N) is 1. The van der Waals surface area contributed by atoms with Gasteiger partial charge in [-0.2, -0.15) is 0 Å². The third-order valence-corrected chi connectivity index (χ3v) is 3.35. The molecule has 2 rings (SSSR count). The number of aliphatic hydroxyl groups excluding tert-OH is 1. The monoisotopic (exact) mass is 300 g/mol. The first-order valence-corrected chi connectivity index (χ1v) is 6.74. The molecule has 2 aromatic rings. The van der Waals surface area contributed by atoms with Crippen molar-refractivity contribution in [2.24, 2.45) is 0 Å². The summed E-state index contributed by atoms with van der Waals surface area (Å²) in [5.41, 5.74) is 1.49. The third-order valence-electron chi connectivity index (χ3n) is 3.35. The minimum Gasteiger partial charge on any atom is -0.394 e. The normalized spacial score (nSPS) is 11.7. The SMILES string of the molecule is Cc1cc(C(=O)NC(CO)c2ccccc2)ccc1[N+](=O)[O-]. The lowest BCUT2D eigenvalue weighted by atomic mass is 10.1. The Balaban J connectivity index is 2.18. The number of nitro groups is 1. The second kappa shape index (κ2) is 6.82. The molecule has 114 valence electrons. The summed E-state index contributed by atoms with van der Waals surface area (Å²) in [4.78, 5) is 22.5. The number of hydrogen-bond donors (Lipinski definition) is 2. The van der Waals surface area contributed by atoms with Crippen molar-refractivity contribution in [1.29, 1.82) is 0 Å². The first-order valence-electron chi connectivity index (χ1n) is 6.74. The fourth-order valence-corrected chi connectivity index (χ4v) is 2.16. The van der Waals surface area contributed by atoms with Crippen molar-refractivity contribution in [2.45, 2.75) is 13.0 Å². The van der Waals surface area contributed by atoms with Crippen molar-refractivity contribution in [2.75, 3.05) is 6.61 Å². The van der Waals surface area contributed by atoms with Gasteiger partial charge in [0.05, 0.1) is 17.6 Å². The first kappa shape index (κ1) is 15.7. The van der Waals surface area contributed by atoms with Gasteiger partial charge in [-0.3, -0.25) is 14.9 Å². The van der Waals surface area contributed by atoms with E-state index in [1.54, 1.807) is 6.92 Å². The molecule has 6 heteroatoms. The molecule has 1 amide bonds. The highest BCUT2D eigenvalue weighted by Gasteiger charge is 2.17. The smallest absolute Gasteiger partial charge is 0.272 e. The Hall–Kier alpha value is -2.73. The molecular weight excluding hydrogens is 284 g/mol. The van der Waals surface area contributed by atoms with Gasteiger partial charge in [-0.05, 0) is 24.6 Å². The molecule has 0 radical (unpaired) electrons. The summed E-state index contributed by atoms with van der Waals surface area (Å²) in [5.74, 6) is -0.388. The average Bonchev–Trinajstić information content (AvgIpc) is 2.52. The Kier molecular flexibility index (Phi) is 4.85. The van der Waals surface area contributed by atoms with E-state index in [0.717, 1.165) is 5.56 Å². The molecule has 0 saturated heterocycles. The van der Waals surface area contributed by atoms with Gasteiger partial charge in [-0.1, -0.05) is 30.3 Å². The Labute approximate surface area is 127 Å². The molecule has 0 aliphatic carbocycles. The largest absolute Gasteiger partial charge is 0.394 e. The minimum absolute atomic E-state index is 0.0293. The van der Waals surface area contributed by atoms with Crippen molar-refractivity contribution < 1.29 is 14.8 Å². The maximum atomic E-state index is 12.2. The van der Waals surface area contributed by atoms with Crippen LogP contribution in [0.4, 0.5) is 5.69 Å². The number of aryl methyl sites for hydroxylation is 1. The molecule has 0 bridgehead atoms. The number of carbonyl (C=O) groups excluding carboxylic acids is 1. The summed E-state index contributed by atoms with van der Waals surface area (Å²) in [6, 6.07) is 12.8. The number of amides is 1. The fraction of sp³-hybridized carbons (Fsp3) is 0.188. The van der Waals surface area contributed by atoms with E-state index in [9.17, 15) is 20.0 Å². The van der Waals surface area contributed by atoms with E-state index in [2.05, 4.69) is 5.32 Å². The lowest BCUT2D eigenvalue weighted by Gasteiger charge is -2.16. The number of hydrogen-bond acceptors (Lipinski definition) is 4. The standard InChI is InChI=1S/C16H16N2O4/c1-11-9-13(7-8-15(11)18(21)22)16(20)17-14(10-19)12-5-3-2-4-6-12/h2-9,14,19H,10H2,1H3,(H,17,20). The lowest BCUT2D eigenvalue weighted by molar-refractivity contribution is -0.385. The lowest BCUT2D eigenvalue weighted by Crippen LogP contribution is -2.30. The van der Waals surface area contributed by atoms with Crippen molar-refractivity contribution >= 4 is 11.6 Å². The molecule has 0 aliphatic rings. The summed E-state index contributed by atoms with van der Waals surface area (Å²) in [6.45, 7) is 1.34. The molecule has 0 heterocycles. The van der Waals surface area contributed by atoms with Gasteiger partial charge in [0.2, 0.25) is 0 Å². The molecule has 0 fully saturated rings. The molecule has 0 saturated carbocycles. The van der Waals surface area contributed by atoms with Crippen molar-refractivity contribution in [1.82, 2.24) is 5.32 Å². The molecule has 1 unspecified atom stereocenters. The maximum absolute atomic E-state index is 12.2. The molecular formula is C16H16N2O4. The predicted octanol–water partition coefficient (Wildman–Crippen LogP) is 2.37. The van der Waals surface area contributed by atoms with Crippen LogP contribution in [0.5, 0.6) is 0 Å². The zero-order valence-electron chi connectivity index (χ0n) is 12.0. The Bertz CT molecular complexity index is 686. The molecule has 0 spiro atoms. The highest BCUT2D eigenvalue weighted by Crippen LogP contribution is 2.19. The molecule has 2 N–H and O–H groups in total. The van der Waals surface area contributed by atoms with Gasteiger partial charge in [-0.15, -0.1) is 0 Å². The second-order valence-corrected chi connectivity index (χ2v) is 4.88. The summed E-state index contributed by atoms with van der Waals surface area (Å²) in [7, 11) is 0. The van der Waals surface area contributed by atoms with Crippen LogP contribution in [0, 0.1) is 17.0 Å². The highest BCUT2D eigenvalue weighted by atomic mass is 16.6. The van der Waals surface area contributed by atoms with E-state index in [0.29, 0.717) is 11.1 Å². The van der Waals surface area contributed by atoms with Crippen molar-refractivity contribution in [3.63, 3.8) is 0 Å². The first-order chi connectivity index (χ1) is 10.5. The number of nitro benzene ring substituents is 1. The predicted molar refractivity (Wildman–Crippen MR) is 81.6 cm³/mol. The Morgan fingerprint density at radius 3 is 2.50 bits per heavy atom. The topological polar surface area (TPSA) is 92.5 Å². The van der Waals surface area contributed by atoms with Crippen LogP contribution in [-0.4, -0.2) is 22.5 Å². The van der Waals surface area contributed by atoms with E-state index < -0.39 is 11.0 Å². The van der Waals surface area contributed by atoms with E-state index in [1.165, 1.54) is 18.2 Å². The molecule has 6 nitrogen and oxygen atoms in total. The summed E-state index contributed by atoms with van der Waals surface area (Å²) >= 11 is 0.